The lowest BCUT2D eigenvalue weighted by molar-refractivity contribution is -0.120. The summed E-state index contributed by atoms with van der Waals surface area (Å²) in [7, 11) is 0. The molecule has 0 aromatic heterocycles. The van der Waals surface area contributed by atoms with Crippen molar-refractivity contribution in [2.75, 3.05) is 11.9 Å². The summed E-state index contributed by atoms with van der Waals surface area (Å²) >= 11 is 0. The minimum absolute atomic E-state index is 0.00195. The van der Waals surface area contributed by atoms with Gasteiger partial charge in [-0.1, -0.05) is 60.7 Å². The summed E-state index contributed by atoms with van der Waals surface area (Å²) in [5.41, 5.74) is 2.05. The number of amides is 1. The Kier molecular flexibility index (Phi) is 4.57. The van der Waals surface area contributed by atoms with Gasteiger partial charge < -0.3 is 10.6 Å². The minimum Gasteiger partial charge on any atom is -0.376 e. The zero-order valence-electron chi connectivity index (χ0n) is 13.1. The van der Waals surface area contributed by atoms with Crippen LogP contribution in [-0.4, -0.2) is 12.5 Å². The highest BCUT2D eigenvalue weighted by atomic mass is 16.1. The smallest absolute Gasteiger partial charge is 0.239 e. The van der Waals surface area contributed by atoms with E-state index in [0.717, 1.165) is 16.6 Å². The minimum atomic E-state index is -0.0190. The molecule has 23 heavy (non-hydrogen) atoms. The van der Waals surface area contributed by atoms with Gasteiger partial charge in [-0.15, -0.1) is 0 Å². The average molecular weight is 304 g/mol. The third-order valence-electron chi connectivity index (χ3n) is 3.88. The fourth-order valence-electron chi connectivity index (χ4n) is 2.60. The van der Waals surface area contributed by atoms with Crippen LogP contribution in [0.5, 0.6) is 0 Å². The molecule has 0 bridgehead atoms. The molecule has 1 atom stereocenters. The van der Waals surface area contributed by atoms with E-state index >= 15 is 0 Å². The Bertz CT molecular complexity index is 799. The highest BCUT2D eigenvalue weighted by Crippen LogP contribution is 2.18. The molecule has 3 nitrogen and oxygen atoms in total. The zero-order valence-corrected chi connectivity index (χ0v) is 13.1. The van der Waals surface area contributed by atoms with E-state index < -0.39 is 0 Å². The first-order valence-electron chi connectivity index (χ1n) is 7.79. The summed E-state index contributed by atoms with van der Waals surface area (Å²) < 4.78 is 0. The highest BCUT2D eigenvalue weighted by molar-refractivity contribution is 5.87. The third-order valence-corrected chi connectivity index (χ3v) is 3.88. The van der Waals surface area contributed by atoms with Crippen LogP contribution in [0.3, 0.4) is 0 Å². The molecule has 0 radical (unpaired) electrons. The molecule has 3 aromatic rings. The Morgan fingerprint density at radius 2 is 1.61 bits per heavy atom. The second-order valence-electron chi connectivity index (χ2n) is 5.62. The summed E-state index contributed by atoms with van der Waals surface area (Å²) in [6.45, 7) is 2.25. The molecule has 0 aliphatic heterocycles. The summed E-state index contributed by atoms with van der Waals surface area (Å²) in [6, 6.07) is 24.3. The number of fused-ring (bicyclic) bond motifs is 1. The van der Waals surface area contributed by atoms with E-state index in [1.165, 1.54) is 5.39 Å². The van der Waals surface area contributed by atoms with Gasteiger partial charge in [-0.25, -0.2) is 0 Å². The number of carbonyl (C=O) groups is 1. The fourth-order valence-corrected chi connectivity index (χ4v) is 2.60. The van der Waals surface area contributed by atoms with Crippen LogP contribution in [0.25, 0.3) is 10.8 Å². The lowest BCUT2D eigenvalue weighted by atomic mass is 10.1. The van der Waals surface area contributed by atoms with Crippen molar-refractivity contribution in [3.63, 3.8) is 0 Å². The molecule has 0 saturated carbocycles. The van der Waals surface area contributed by atoms with Gasteiger partial charge >= 0.3 is 0 Å². The van der Waals surface area contributed by atoms with E-state index in [0.29, 0.717) is 0 Å². The maximum absolute atomic E-state index is 12.1. The lowest BCUT2D eigenvalue weighted by Gasteiger charge is -2.15. The van der Waals surface area contributed by atoms with Crippen molar-refractivity contribution in [2.24, 2.45) is 0 Å². The molecule has 0 aliphatic rings. The van der Waals surface area contributed by atoms with Crippen LogP contribution in [0.1, 0.15) is 18.5 Å². The third kappa shape index (κ3) is 3.89. The quantitative estimate of drug-likeness (QED) is 0.744. The number of hydrogen-bond donors (Lipinski definition) is 2. The Morgan fingerprint density at radius 3 is 2.39 bits per heavy atom. The molecule has 1 unspecified atom stereocenters. The largest absolute Gasteiger partial charge is 0.376 e. The Hall–Kier alpha value is -2.81. The molecule has 0 fully saturated rings. The van der Waals surface area contributed by atoms with Gasteiger partial charge in [-0.05, 0) is 35.4 Å². The van der Waals surface area contributed by atoms with Crippen molar-refractivity contribution in [1.82, 2.24) is 5.32 Å². The van der Waals surface area contributed by atoms with E-state index in [-0.39, 0.29) is 18.5 Å². The van der Waals surface area contributed by atoms with E-state index in [4.69, 9.17) is 0 Å². The first kappa shape index (κ1) is 15.1. The number of nitrogens with one attached hydrogen (secondary N) is 2. The molecule has 0 heterocycles. The SMILES string of the molecule is CC(NC(=O)CNc1ccc2ccccc2c1)c1ccccc1. The molecular formula is C20H20N2O. The Morgan fingerprint density at radius 1 is 0.913 bits per heavy atom. The molecule has 0 aliphatic carbocycles. The van der Waals surface area contributed by atoms with E-state index in [1.807, 2.05) is 55.5 Å². The van der Waals surface area contributed by atoms with E-state index in [1.54, 1.807) is 0 Å². The van der Waals surface area contributed by atoms with Crippen molar-refractivity contribution < 1.29 is 4.79 Å². The summed E-state index contributed by atoms with van der Waals surface area (Å²) in [4.78, 5) is 12.1. The predicted molar refractivity (Wildman–Crippen MR) is 95.4 cm³/mol. The van der Waals surface area contributed by atoms with Gasteiger partial charge in [0.05, 0.1) is 12.6 Å². The molecule has 3 heteroatoms. The first-order chi connectivity index (χ1) is 11.2. The molecule has 116 valence electrons. The van der Waals surface area contributed by atoms with Gasteiger partial charge in [0.1, 0.15) is 0 Å². The van der Waals surface area contributed by atoms with Crippen LogP contribution in [0.4, 0.5) is 5.69 Å². The summed E-state index contributed by atoms with van der Waals surface area (Å²) in [5.74, 6) is -0.0190. The van der Waals surface area contributed by atoms with E-state index in [2.05, 4.69) is 34.9 Å². The molecular weight excluding hydrogens is 284 g/mol. The van der Waals surface area contributed by atoms with Crippen LogP contribution in [0, 0.1) is 0 Å². The topological polar surface area (TPSA) is 41.1 Å². The van der Waals surface area contributed by atoms with Crippen molar-refractivity contribution in [3.8, 4) is 0 Å². The van der Waals surface area contributed by atoms with Gasteiger partial charge in [0.25, 0.3) is 0 Å². The van der Waals surface area contributed by atoms with Crippen molar-refractivity contribution >= 4 is 22.4 Å². The van der Waals surface area contributed by atoms with Gasteiger partial charge in [-0.3, -0.25) is 4.79 Å². The molecule has 2 N–H and O–H groups in total. The number of benzene rings is 3. The van der Waals surface area contributed by atoms with Crippen LogP contribution in [0.15, 0.2) is 72.8 Å². The van der Waals surface area contributed by atoms with Gasteiger partial charge in [0, 0.05) is 5.69 Å². The predicted octanol–water partition coefficient (Wildman–Crippen LogP) is 4.13. The highest BCUT2D eigenvalue weighted by Gasteiger charge is 2.08. The van der Waals surface area contributed by atoms with Gasteiger partial charge in [0.15, 0.2) is 0 Å². The van der Waals surface area contributed by atoms with Gasteiger partial charge in [-0.2, -0.15) is 0 Å². The second kappa shape index (κ2) is 6.97. The molecule has 0 spiro atoms. The molecule has 3 aromatic carbocycles. The Balaban J connectivity index is 1.57. The monoisotopic (exact) mass is 304 g/mol. The molecule has 0 saturated heterocycles. The maximum Gasteiger partial charge on any atom is 0.239 e. The van der Waals surface area contributed by atoms with E-state index in [9.17, 15) is 4.79 Å². The summed E-state index contributed by atoms with van der Waals surface area (Å²) in [6.07, 6.45) is 0. The van der Waals surface area contributed by atoms with Crippen molar-refractivity contribution in [3.05, 3.63) is 78.4 Å². The lowest BCUT2D eigenvalue weighted by Crippen LogP contribution is -2.32. The number of anilines is 1. The van der Waals surface area contributed by atoms with Crippen LogP contribution in [-0.2, 0) is 4.79 Å². The zero-order chi connectivity index (χ0) is 16.1. The number of carbonyl (C=O) groups excluding carboxylic acids is 1. The average Bonchev–Trinajstić information content (AvgIpc) is 2.60. The molecule has 3 rings (SSSR count). The van der Waals surface area contributed by atoms with Crippen LogP contribution < -0.4 is 10.6 Å². The first-order valence-corrected chi connectivity index (χ1v) is 7.79. The number of rotatable bonds is 5. The van der Waals surface area contributed by atoms with Crippen LogP contribution >= 0.6 is 0 Å². The maximum atomic E-state index is 12.1. The van der Waals surface area contributed by atoms with Crippen molar-refractivity contribution in [2.45, 2.75) is 13.0 Å². The van der Waals surface area contributed by atoms with Gasteiger partial charge in [0.2, 0.25) is 5.91 Å². The number of hydrogen-bond acceptors (Lipinski definition) is 2. The molecule has 1 amide bonds. The fraction of sp³-hybridized carbons (Fsp3) is 0.150. The van der Waals surface area contributed by atoms with Crippen molar-refractivity contribution in [1.29, 1.82) is 0 Å². The Labute approximate surface area is 136 Å². The summed E-state index contributed by atoms with van der Waals surface area (Å²) in [5, 5.41) is 8.54. The van der Waals surface area contributed by atoms with Crippen LogP contribution in [0.2, 0.25) is 0 Å². The standard InChI is InChI=1S/C20H20N2O/c1-15(16-7-3-2-4-8-16)22-20(23)14-21-19-12-11-17-9-5-6-10-18(17)13-19/h2-13,15,21H,14H2,1H3,(H,22,23). The second-order valence-corrected chi connectivity index (χ2v) is 5.62. The normalized spacial score (nSPS) is 11.9.